The number of ether oxygens (including phenoxy) is 6. The first-order chi connectivity index (χ1) is 36.1. The lowest BCUT2D eigenvalue weighted by atomic mass is 9.77. The number of alkyl halides is 1. The Labute approximate surface area is 481 Å². The van der Waals surface area contributed by atoms with E-state index in [1.54, 1.807) is 64.6 Å². The van der Waals surface area contributed by atoms with E-state index in [1.807, 2.05) is 96.7 Å². The number of benzene rings is 2. The van der Waals surface area contributed by atoms with E-state index in [-0.39, 0.29) is 36.8 Å². The van der Waals surface area contributed by atoms with Crippen molar-refractivity contribution in [3.05, 3.63) is 64.5 Å². The Morgan fingerprint density at radius 1 is 0.948 bits per heavy atom. The molecule has 0 bridgehead atoms. The minimum atomic E-state index is -1.96. The Morgan fingerprint density at radius 2 is 1.66 bits per heavy atom. The summed E-state index contributed by atoms with van der Waals surface area (Å²) in [6.45, 7) is 16.7. The van der Waals surface area contributed by atoms with Crippen molar-refractivity contribution in [2.75, 3.05) is 40.8 Å². The van der Waals surface area contributed by atoms with Crippen LogP contribution in [0.5, 0.6) is 0 Å². The summed E-state index contributed by atoms with van der Waals surface area (Å²) >= 11 is 11.6. The fourth-order valence-corrected chi connectivity index (χ4v) is 14.7. The normalized spacial score (nSPS) is 37.7. The fourth-order valence-electron chi connectivity index (χ4n) is 11.6. The number of fused-ring (bicyclic) bond motifs is 5. The van der Waals surface area contributed by atoms with E-state index in [2.05, 4.69) is 23.5 Å². The van der Waals surface area contributed by atoms with Gasteiger partial charge in [0, 0.05) is 92.9 Å². The van der Waals surface area contributed by atoms with Gasteiger partial charge in [-0.3, -0.25) is 14.5 Å². The molecule has 3 saturated heterocycles. The number of carbonyl (C=O) groups is 2. The molecule has 20 heteroatoms. The second kappa shape index (κ2) is 25.9. The number of amides is 1. The molecule has 1 aromatic heterocycles. The van der Waals surface area contributed by atoms with E-state index < -0.39 is 94.0 Å². The maximum absolute atomic E-state index is 14.5. The molecular formula is C57H81ClIN3O13S2. The van der Waals surface area contributed by atoms with Gasteiger partial charge in [0.15, 0.2) is 16.7 Å². The van der Waals surface area contributed by atoms with Gasteiger partial charge >= 0.3 is 5.97 Å². The second-order valence-corrected chi connectivity index (χ2v) is 26.5. The lowest BCUT2D eigenvalue weighted by Gasteiger charge is -2.48. The predicted molar refractivity (Wildman–Crippen MR) is 308 cm³/mol. The number of carbonyl (C=O) groups excluding carboxylic acids is 2. The third-order valence-electron chi connectivity index (χ3n) is 16.1. The molecule has 2 aromatic carbocycles. The van der Waals surface area contributed by atoms with Crippen LogP contribution in [0.15, 0.2) is 64.4 Å². The molecule has 7 rings (SSSR count). The molecule has 4 aliphatic rings. The Morgan fingerprint density at radius 3 is 2.36 bits per heavy atom. The van der Waals surface area contributed by atoms with Gasteiger partial charge in [0.05, 0.1) is 41.5 Å². The summed E-state index contributed by atoms with van der Waals surface area (Å²) < 4.78 is 36.8. The zero-order chi connectivity index (χ0) is 56.5. The lowest BCUT2D eigenvalue weighted by molar-refractivity contribution is -0.317. The van der Waals surface area contributed by atoms with Gasteiger partial charge < -0.3 is 64.2 Å². The first kappa shape index (κ1) is 62.3. The maximum atomic E-state index is 14.5. The number of hydrogen-bond acceptors (Lipinski definition) is 17. The number of aliphatic hydroxyl groups is 5. The van der Waals surface area contributed by atoms with Crippen LogP contribution < -0.4 is 5.32 Å². The standard InChI is InChI=1S/C57H81ClIN3O13S2/c1-30-27-55(7,68)51(74-53-46(64)41(61(10)11)24-31(2)71-53)32(3)47(73-45-28-56(8,70-12)50(66)35(6)72-45)33(4)52(67)75-54(59)57(9,69)49(65)34(5)62(29-30)23-15-22-60-44(63)21-19-37-26-40-38-16-13-14-17-42(38)77-43-25-36(58)18-20-39(43)48(40)76-37/h13-14,16-21,25-26,30-35,41,45-47,49-51,53-54,64-66,68-69H,15,22-24,27-29H2,1-12H3,(H,60,63)/b21-19+/t30-,31-,32+,33-,34-,35+,41+,45+,46-,47+,49-,50+,51-,53+,54+,55-,56-,57+/m1/s1. The summed E-state index contributed by atoms with van der Waals surface area (Å²) in [6, 6.07) is 15.3. The van der Waals surface area contributed by atoms with Crippen molar-refractivity contribution < 1.29 is 63.5 Å². The zero-order valence-electron chi connectivity index (χ0n) is 46.4. The molecule has 16 nitrogen and oxygen atoms in total. The number of nitrogens with one attached hydrogen (secondary N) is 1. The number of nitrogens with zero attached hydrogens (tertiary/aromatic N) is 2. The van der Waals surface area contributed by atoms with Crippen molar-refractivity contribution in [2.45, 2.75) is 186 Å². The van der Waals surface area contributed by atoms with Gasteiger partial charge in [0.1, 0.15) is 23.9 Å². The molecule has 0 spiro atoms. The van der Waals surface area contributed by atoms with E-state index in [0.717, 1.165) is 36.2 Å². The summed E-state index contributed by atoms with van der Waals surface area (Å²) in [4.78, 5) is 36.1. The SMILES string of the molecule is CO[C@]1(C)C[C@H](O[C@H]2[C@H](C)[C@@H](O[C@@H]3O[C@H](C)C[C@H](N(C)C)[C@H]3O)[C@](C)(O)C[C@@H](C)CN(CCCNC(=O)/C=C/c3cc4c(s3)-c3ccc(Cl)cc3Sc3ccccc3-4)[C@H](C)[C@@H](O)[C@](C)(O)[C@@H](I)OC(=O)[C@@H]2C)O[C@@H](C)[C@@H]1O. The van der Waals surface area contributed by atoms with Crippen molar-refractivity contribution in [1.82, 2.24) is 15.1 Å². The number of thiophene rings is 1. The predicted octanol–water partition coefficient (Wildman–Crippen LogP) is 7.99. The van der Waals surface area contributed by atoms with Crippen molar-refractivity contribution in [1.29, 1.82) is 0 Å². The van der Waals surface area contributed by atoms with Crippen LogP contribution in [-0.2, 0) is 38.0 Å². The minimum Gasteiger partial charge on any atom is -0.448 e. The molecule has 77 heavy (non-hydrogen) atoms. The highest BCUT2D eigenvalue weighted by atomic mass is 127. The Balaban J connectivity index is 1.13. The van der Waals surface area contributed by atoms with Gasteiger partial charge in [0.2, 0.25) is 5.91 Å². The number of hydrogen-bond donors (Lipinski definition) is 6. The van der Waals surface area contributed by atoms with E-state index in [4.69, 9.17) is 40.0 Å². The van der Waals surface area contributed by atoms with Gasteiger partial charge in [-0.15, -0.1) is 11.3 Å². The molecule has 1 amide bonds. The first-order valence-electron chi connectivity index (χ1n) is 26.7. The van der Waals surface area contributed by atoms with Crippen LogP contribution >= 0.6 is 57.3 Å². The molecule has 4 aliphatic heterocycles. The highest BCUT2D eigenvalue weighted by Crippen LogP contribution is 2.52. The summed E-state index contributed by atoms with van der Waals surface area (Å²) in [5, 5.41) is 63.7. The quantitative estimate of drug-likeness (QED) is 0.0261. The van der Waals surface area contributed by atoms with Crippen LogP contribution in [-0.4, -0.2) is 176 Å². The summed E-state index contributed by atoms with van der Waals surface area (Å²) in [5.74, 6) is -3.23. The number of cyclic esters (lactones) is 1. The third kappa shape index (κ3) is 14.3. The van der Waals surface area contributed by atoms with Crippen LogP contribution in [0.2, 0.25) is 5.02 Å². The molecular weight excluding hydrogens is 1160 g/mol. The van der Waals surface area contributed by atoms with Crippen LogP contribution in [0, 0.1) is 17.8 Å². The molecule has 6 N–H and O–H groups in total. The van der Waals surface area contributed by atoms with E-state index in [0.29, 0.717) is 37.5 Å². The number of halogens is 2. The molecule has 0 radical (unpaired) electrons. The summed E-state index contributed by atoms with van der Waals surface area (Å²) in [5.41, 5.74) is -1.40. The number of aliphatic hydroxyl groups excluding tert-OH is 3. The first-order valence-corrected chi connectivity index (χ1v) is 30.0. The molecule has 5 heterocycles. The van der Waals surface area contributed by atoms with Crippen molar-refractivity contribution in [3.8, 4) is 21.6 Å². The number of rotatable bonds is 12. The third-order valence-corrected chi connectivity index (χ3v) is 20.1. The van der Waals surface area contributed by atoms with Gasteiger partial charge in [-0.25, -0.2) is 0 Å². The maximum Gasteiger partial charge on any atom is 0.312 e. The minimum absolute atomic E-state index is 0.0910. The molecule has 0 aliphatic carbocycles. The van der Waals surface area contributed by atoms with Crippen LogP contribution in [0.25, 0.3) is 27.6 Å². The average molecular weight is 1240 g/mol. The highest BCUT2D eigenvalue weighted by molar-refractivity contribution is 14.1. The molecule has 3 fully saturated rings. The van der Waals surface area contributed by atoms with E-state index in [1.165, 1.54) is 20.1 Å². The molecule has 18 atom stereocenters. The van der Waals surface area contributed by atoms with E-state index >= 15 is 0 Å². The average Bonchev–Trinajstić information content (AvgIpc) is 3.77. The van der Waals surface area contributed by atoms with E-state index in [9.17, 15) is 35.1 Å². The number of methoxy groups -OCH3 is 1. The topological polar surface area (TPSA) is 209 Å². The molecule has 0 saturated carbocycles. The Hall–Kier alpha value is -2.29. The van der Waals surface area contributed by atoms with Gasteiger partial charge in [-0.2, -0.15) is 0 Å². The van der Waals surface area contributed by atoms with Crippen LogP contribution in [0.4, 0.5) is 0 Å². The molecule has 3 aromatic rings. The number of likely N-dealkylation sites (N-methyl/N-ethyl adjacent to an activating group) is 1. The summed E-state index contributed by atoms with van der Waals surface area (Å²) in [7, 11) is 5.25. The largest absolute Gasteiger partial charge is 0.448 e. The molecule has 428 valence electrons. The smallest absolute Gasteiger partial charge is 0.312 e. The monoisotopic (exact) mass is 1240 g/mol. The van der Waals surface area contributed by atoms with Crippen molar-refractivity contribution in [3.63, 3.8) is 0 Å². The Kier molecular flexibility index (Phi) is 20.9. The van der Waals surface area contributed by atoms with Gasteiger partial charge in [-0.05, 0) is 146 Å². The lowest BCUT2D eigenvalue weighted by Crippen LogP contribution is -2.60. The molecule has 0 unspecified atom stereocenters. The Bertz CT molecular complexity index is 2540. The van der Waals surface area contributed by atoms with Crippen LogP contribution in [0.3, 0.4) is 0 Å². The number of esters is 1. The van der Waals surface area contributed by atoms with Gasteiger partial charge in [-0.1, -0.05) is 61.5 Å². The van der Waals surface area contributed by atoms with Crippen LogP contribution in [0.1, 0.15) is 92.9 Å². The zero-order valence-corrected chi connectivity index (χ0v) is 50.9. The fraction of sp³-hybridized carbons (Fsp3) is 0.649. The van der Waals surface area contributed by atoms with Crippen molar-refractivity contribution in [2.24, 2.45) is 17.8 Å². The van der Waals surface area contributed by atoms with Crippen molar-refractivity contribution >= 4 is 75.2 Å². The summed E-state index contributed by atoms with van der Waals surface area (Å²) in [6.07, 6.45) is -4.37. The highest BCUT2D eigenvalue weighted by Gasteiger charge is 2.53. The second-order valence-electron chi connectivity index (χ2n) is 22.7. The van der Waals surface area contributed by atoms with Gasteiger partial charge in [0.25, 0.3) is 0 Å².